The molecule has 2 unspecified atom stereocenters. The van der Waals surface area contributed by atoms with Crippen LogP contribution in [0.3, 0.4) is 0 Å². The first-order chi connectivity index (χ1) is 8.90. The van der Waals surface area contributed by atoms with Crippen LogP contribution in [0.2, 0.25) is 0 Å². The fraction of sp³-hybridized carbons (Fsp3) is 0.750. The van der Waals surface area contributed by atoms with Crippen molar-refractivity contribution in [1.82, 2.24) is 10.6 Å². The normalized spacial score (nSPS) is 24.5. The van der Waals surface area contributed by atoms with Gasteiger partial charge in [0, 0.05) is 18.4 Å². The third-order valence-corrected chi connectivity index (χ3v) is 3.29. The molecule has 1 fully saturated rings. The molecule has 1 saturated heterocycles. The predicted octanol–water partition coefficient (Wildman–Crippen LogP) is -0.791. The number of hydrogen-bond donors (Lipinski definition) is 4. The fourth-order valence-electron chi connectivity index (χ4n) is 2.20. The van der Waals surface area contributed by atoms with E-state index in [0.29, 0.717) is 12.8 Å². The van der Waals surface area contributed by atoms with Gasteiger partial charge in [0.15, 0.2) is 0 Å². The van der Waals surface area contributed by atoms with E-state index < -0.39 is 17.9 Å². The molecule has 7 nitrogen and oxygen atoms in total. The van der Waals surface area contributed by atoms with Crippen LogP contribution < -0.4 is 16.4 Å². The molecule has 2 amide bonds. The second-order valence-corrected chi connectivity index (χ2v) is 4.98. The highest BCUT2D eigenvalue weighted by Crippen LogP contribution is 2.16. The lowest BCUT2D eigenvalue weighted by Gasteiger charge is -2.28. The summed E-state index contributed by atoms with van der Waals surface area (Å²) in [5.74, 6) is -2.15. The standard InChI is InChI=1S/C12H21N3O4/c1-7-6-8(4-5-14-7)11(17)15-9(12(18)19)2-3-10(13)16/h7-9,14H,2-6H2,1H3,(H2,13,16)(H,15,17)(H,18,19)/t7?,8?,9-/m0/s1. The van der Waals surface area contributed by atoms with Gasteiger partial charge >= 0.3 is 5.97 Å². The van der Waals surface area contributed by atoms with E-state index >= 15 is 0 Å². The van der Waals surface area contributed by atoms with Gasteiger partial charge in [0.2, 0.25) is 11.8 Å². The Balaban J connectivity index is 2.50. The van der Waals surface area contributed by atoms with Crippen LogP contribution in [0.1, 0.15) is 32.6 Å². The summed E-state index contributed by atoms with van der Waals surface area (Å²) in [6.45, 7) is 2.74. The quantitative estimate of drug-likeness (QED) is 0.504. The second-order valence-electron chi connectivity index (χ2n) is 4.98. The Bertz CT molecular complexity index is 359. The van der Waals surface area contributed by atoms with Gasteiger partial charge in [-0.05, 0) is 32.7 Å². The topological polar surface area (TPSA) is 122 Å². The van der Waals surface area contributed by atoms with Crippen LogP contribution in [-0.2, 0) is 14.4 Å². The van der Waals surface area contributed by atoms with Crippen molar-refractivity contribution in [3.8, 4) is 0 Å². The number of nitrogens with one attached hydrogen (secondary N) is 2. The fourth-order valence-corrected chi connectivity index (χ4v) is 2.20. The first-order valence-corrected chi connectivity index (χ1v) is 6.45. The van der Waals surface area contributed by atoms with E-state index in [9.17, 15) is 14.4 Å². The van der Waals surface area contributed by atoms with Crippen LogP contribution >= 0.6 is 0 Å². The SMILES string of the molecule is CC1CC(C(=O)N[C@@H](CCC(N)=O)C(=O)O)CCN1. The summed E-state index contributed by atoms with van der Waals surface area (Å²) in [6.07, 6.45) is 1.35. The van der Waals surface area contributed by atoms with Gasteiger partial charge in [-0.25, -0.2) is 4.79 Å². The van der Waals surface area contributed by atoms with E-state index in [0.717, 1.165) is 6.54 Å². The Kier molecular flexibility index (Phi) is 5.75. The zero-order valence-corrected chi connectivity index (χ0v) is 11.0. The van der Waals surface area contributed by atoms with Crippen molar-refractivity contribution in [1.29, 1.82) is 0 Å². The largest absolute Gasteiger partial charge is 0.480 e. The van der Waals surface area contributed by atoms with Crippen molar-refractivity contribution in [3.63, 3.8) is 0 Å². The van der Waals surface area contributed by atoms with Crippen LogP contribution in [0.25, 0.3) is 0 Å². The molecule has 1 aliphatic heterocycles. The molecule has 19 heavy (non-hydrogen) atoms. The van der Waals surface area contributed by atoms with E-state index in [1.807, 2.05) is 6.92 Å². The number of carboxylic acid groups (broad SMARTS) is 1. The Labute approximate surface area is 111 Å². The number of carboxylic acids is 1. The molecular formula is C12H21N3O4. The first kappa shape index (κ1) is 15.4. The summed E-state index contributed by atoms with van der Waals surface area (Å²) in [5.41, 5.74) is 4.98. The van der Waals surface area contributed by atoms with Crippen LogP contribution in [0.4, 0.5) is 0 Å². The molecule has 1 heterocycles. The summed E-state index contributed by atoms with van der Waals surface area (Å²) >= 11 is 0. The van der Waals surface area contributed by atoms with Crippen LogP contribution in [-0.4, -0.2) is 41.5 Å². The minimum atomic E-state index is -1.14. The van der Waals surface area contributed by atoms with Gasteiger partial charge in [0.1, 0.15) is 6.04 Å². The monoisotopic (exact) mass is 271 g/mol. The molecule has 5 N–H and O–H groups in total. The summed E-state index contributed by atoms with van der Waals surface area (Å²) in [6, 6.07) is -0.802. The highest BCUT2D eigenvalue weighted by molar-refractivity contribution is 5.85. The average Bonchev–Trinajstić information content (AvgIpc) is 2.33. The maximum absolute atomic E-state index is 12.0. The summed E-state index contributed by atoms with van der Waals surface area (Å²) in [5, 5.41) is 14.7. The van der Waals surface area contributed by atoms with Crippen LogP contribution in [0.15, 0.2) is 0 Å². The highest BCUT2D eigenvalue weighted by Gasteiger charge is 2.28. The van der Waals surface area contributed by atoms with Crippen LogP contribution in [0, 0.1) is 5.92 Å². The lowest BCUT2D eigenvalue weighted by atomic mass is 9.92. The Morgan fingerprint density at radius 2 is 2.16 bits per heavy atom. The number of nitrogens with two attached hydrogens (primary N) is 1. The molecule has 0 radical (unpaired) electrons. The summed E-state index contributed by atoms with van der Waals surface area (Å²) in [4.78, 5) is 33.7. The molecule has 1 aliphatic rings. The zero-order valence-electron chi connectivity index (χ0n) is 11.0. The molecule has 0 aromatic carbocycles. The molecule has 0 bridgehead atoms. The van der Waals surface area contributed by atoms with Crippen molar-refractivity contribution >= 4 is 17.8 Å². The molecule has 0 aliphatic carbocycles. The number of hydrogen-bond acceptors (Lipinski definition) is 4. The van der Waals surface area contributed by atoms with Gasteiger partial charge in [-0.2, -0.15) is 0 Å². The molecule has 1 rings (SSSR count). The number of primary amides is 1. The van der Waals surface area contributed by atoms with Crippen molar-refractivity contribution in [3.05, 3.63) is 0 Å². The predicted molar refractivity (Wildman–Crippen MR) is 68.2 cm³/mol. The number of piperidine rings is 1. The van der Waals surface area contributed by atoms with E-state index in [4.69, 9.17) is 10.8 Å². The van der Waals surface area contributed by atoms with E-state index in [-0.39, 0.29) is 30.7 Å². The smallest absolute Gasteiger partial charge is 0.326 e. The minimum Gasteiger partial charge on any atom is -0.480 e. The van der Waals surface area contributed by atoms with Crippen molar-refractivity contribution in [2.75, 3.05) is 6.54 Å². The van der Waals surface area contributed by atoms with Gasteiger partial charge in [-0.3, -0.25) is 9.59 Å². The van der Waals surface area contributed by atoms with Crippen molar-refractivity contribution in [2.45, 2.75) is 44.7 Å². The maximum atomic E-state index is 12.0. The Morgan fingerprint density at radius 3 is 2.68 bits per heavy atom. The Morgan fingerprint density at radius 1 is 1.47 bits per heavy atom. The number of carbonyl (C=O) groups excluding carboxylic acids is 2. The number of rotatable bonds is 6. The number of aliphatic carboxylic acids is 1. The minimum absolute atomic E-state index is 0.0247. The first-order valence-electron chi connectivity index (χ1n) is 6.45. The Hall–Kier alpha value is -1.63. The van der Waals surface area contributed by atoms with E-state index in [1.165, 1.54) is 0 Å². The third-order valence-electron chi connectivity index (χ3n) is 3.29. The van der Waals surface area contributed by atoms with Crippen molar-refractivity contribution < 1.29 is 19.5 Å². The molecule has 0 spiro atoms. The highest BCUT2D eigenvalue weighted by atomic mass is 16.4. The van der Waals surface area contributed by atoms with E-state index in [2.05, 4.69) is 10.6 Å². The lowest BCUT2D eigenvalue weighted by molar-refractivity contribution is -0.143. The van der Waals surface area contributed by atoms with Gasteiger partial charge in [0.25, 0.3) is 0 Å². The van der Waals surface area contributed by atoms with E-state index in [1.54, 1.807) is 0 Å². The number of carbonyl (C=O) groups is 3. The molecular weight excluding hydrogens is 250 g/mol. The maximum Gasteiger partial charge on any atom is 0.326 e. The van der Waals surface area contributed by atoms with Gasteiger partial charge in [0.05, 0.1) is 0 Å². The number of amides is 2. The average molecular weight is 271 g/mol. The molecule has 3 atom stereocenters. The lowest BCUT2D eigenvalue weighted by Crippen LogP contribution is -2.47. The molecule has 108 valence electrons. The zero-order chi connectivity index (χ0) is 14.4. The van der Waals surface area contributed by atoms with Gasteiger partial charge in [-0.1, -0.05) is 0 Å². The molecule has 7 heteroatoms. The molecule has 0 aromatic rings. The van der Waals surface area contributed by atoms with Gasteiger partial charge < -0.3 is 21.5 Å². The second kappa shape index (κ2) is 7.08. The summed E-state index contributed by atoms with van der Waals surface area (Å²) < 4.78 is 0. The summed E-state index contributed by atoms with van der Waals surface area (Å²) in [7, 11) is 0. The van der Waals surface area contributed by atoms with Crippen LogP contribution in [0.5, 0.6) is 0 Å². The third kappa shape index (κ3) is 5.25. The molecule has 0 aromatic heterocycles. The van der Waals surface area contributed by atoms with Crippen molar-refractivity contribution in [2.24, 2.45) is 11.7 Å². The molecule has 0 saturated carbocycles. The van der Waals surface area contributed by atoms with Gasteiger partial charge in [-0.15, -0.1) is 0 Å².